The lowest BCUT2D eigenvalue weighted by atomic mass is 10.0. The highest BCUT2D eigenvalue weighted by atomic mass is 32.2. The average molecular weight is 287 g/mol. The molecule has 0 aromatic heterocycles. The maximum absolute atomic E-state index is 12.7. The molecule has 2 aromatic rings. The molecule has 0 radical (unpaired) electrons. The van der Waals surface area contributed by atoms with Gasteiger partial charge in [-0.2, -0.15) is 0 Å². The van der Waals surface area contributed by atoms with Crippen molar-refractivity contribution in [2.24, 2.45) is 0 Å². The lowest BCUT2D eigenvalue weighted by Gasteiger charge is -2.23. The molecular formula is C17H21NOS. The molecule has 2 aromatic carbocycles. The van der Waals surface area contributed by atoms with Gasteiger partial charge in [-0.25, -0.2) is 0 Å². The van der Waals surface area contributed by atoms with Crippen LogP contribution in [0, 0.1) is 6.92 Å². The van der Waals surface area contributed by atoms with E-state index in [9.17, 15) is 4.21 Å². The van der Waals surface area contributed by atoms with Crippen molar-refractivity contribution >= 4 is 10.8 Å². The molecule has 106 valence electrons. The van der Waals surface area contributed by atoms with Crippen molar-refractivity contribution in [1.82, 2.24) is 5.32 Å². The average Bonchev–Trinajstić information content (AvgIpc) is 2.50. The third-order valence-corrected chi connectivity index (χ3v) is 5.21. The normalized spacial score (nSPS) is 15.6. The predicted molar refractivity (Wildman–Crippen MR) is 85.3 cm³/mol. The third-order valence-electron chi connectivity index (χ3n) is 3.53. The zero-order valence-electron chi connectivity index (χ0n) is 12.2. The van der Waals surface area contributed by atoms with Crippen molar-refractivity contribution in [3.05, 3.63) is 65.7 Å². The highest BCUT2D eigenvalue weighted by molar-refractivity contribution is 7.85. The van der Waals surface area contributed by atoms with E-state index >= 15 is 0 Å². The first-order chi connectivity index (χ1) is 9.63. The van der Waals surface area contributed by atoms with Gasteiger partial charge in [-0.05, 0) is 38.6 Å². The number of rotatable bonds is 5. The van der Waals surface area contributed by atoms with Crippen molar-refractivity contribution < 1.29 is 4.21 Å². The first-order valence-corrected chi connectivity index (χ1v) is 8.04. The van der Waals surface area contributed by atoms with Gasteiger partial charge in [0.1, 0.15) is 0 Å². The molecule has 0 aliphatic rings. The van der Waals surface area contributed by atoms with Gasteiger partial charge in [0, 0.05) is 10.9 Å². The molecular weight excluding hydrogens is 266 g/mol. The summed E-state index contributed by atoms with van der Waals surface area (Å²) < 4.78 is 12.7. The molecule has 3 heteroatoms. The Morgan fingerprint density at radius 2 is 1.60 bits per heavy atom. The summed E-state index contributed by atoms with van der Waals surface area (Å²) in [6.45, 7) is 4.11. The van der Waals surface area contributed by atoms with Crippen LogP contribution in [0.1, 0.15) is 24.1 Å². The van der Waals surface area contributed by atoms with Crippen LogP contribution in [0.2, 0.25) is 0 Å². The fraction of sp³-hybridized carbons (Fsp3) is 0.294. The van der Waals surface area contributed by atoms with E-state index in [1.807, 2.05) is 44.3 Å². The van der Waals surface area contributed by atoms with Crippen LogP contribution in [-0.2, 0) is 10.8 Å². The van der Waals surface area contributed by atoms with Crippen molar-refractivity contribution in [2.75, 3.05) is 7.05 Å². The second kappa shape index (κ2) is 6.82. The highest BCUT2D eigenvalue weighted by Gasteiger charge is 2.23. The Balaban J connectivity index is 2.23. The maximum Gasteiger partial charge on any atom is 0.0577 e. The Hall–Kier alpha value is -1.45. The Labute approximate surface area is 123 Å². The third kappa shape index (κ3) is 3.35. The maximum atomic E-state index is 12.7. The van der Waals surface area contributed by atoms with Gasteiger partial charge in [-0.3, -0.25) is 4.21 Å². The van der Waals surface area contributed by atoms with Gasteiger partial charge >= 0.3 is 0 Å². The Morgan fingerprint density at radius 3 is 2.15 bits per heavy atom. The quantitative estimate of drug-likeness (QED) is 0.912. The highest BCUT2D eigenvalue weighted by Crippen LogP contribution is 2.24. The van der Waals surface area contributed by atoms with Crippen LogP contribution in [0.15, 0.2) is 59.5 Å². The van der Waals surface area contributed by atoms with Crippen molar-refractivity contribution in [3.8, 4) is 0 Å². The zero-order valence-corrected chi connectivity index (χ0v) is 13.0. The molecule has 0 amide bonds. The molecule has 0 aliphatic heterocycles. The van der Waals surface area contributed by atoms with Crippen LogP contribution < -0.4 is 5.32 Å². The van der Waals surface area contributed by atoms with Crippen molar-refractivity contribution in [3.63, 3.8) is 0 Å². The van der Waals surface area contributed by atoms with Crippen LogP contribution in [-0.4, -0.2) is 16.5 Å². The van der Waals surface area contributed by atoms with Gasteiger partial charge in [0.15, 0.2) is 0 Å². The fourth-order valence-corrected chi connectivity index (χ4v) is 3.73. The molecule has 0 bridgehead atoms. The number of hydrogen-bond donors (Lipinski definition) is 1. The minimum atomic E-state index is -1.03. The lowest BCUT2D eigenvalue weighted by Crippen LogP contribution is -2.30. The van der Waals surface area contributed by atoms with Gasteiger partial charge in [0.2, 0.25) is 0 Å². The van der Waals surface area contributed by atoms with Gasteiger partial charge in [-0.1, -0.05) is 48.0 Å². The van der Waals surface area contributed by atoms with Gasteiger partial charge in [0.25, 0.3) is 0 Å². The second-order valence-corrected chi connectivity index (χ2v) is 6.80. The predicted octanol–water partition coefficient (Wildman–Crippen LogP) is 3.45. The minimum Gasteiger partial charge on any atom is -0.312 e. The summed E-state index contributed by atoms with van der Waals surface area (Å²) in [4.78, 5) is 0.882. The van der Waals surface area contributed by atoms with E-state index in [1.165, 1.54) is 11.1 Å². The molecule has 3 unspecified atom stereocenters. The fourth-order valence-electron chi connectivity index (χ4n) is 2.34. The summed E-state index contributed by atoms with van der Waals surface area (Å²) in [6, 6.07) is 18.1. The molecule has 20 heavy (non-hydrogen) atoms. The monoisotopic (exact) mass is 287 g/mol. The number of benzene rings is 2. The molecule has 2 rings (SSSR count). The van der Waals surface area contributed by atoms with Crippen LogP contribution in [0.5, 0.6) is 0 Å². The van der Waals surface area contributed by atoms with E-state index in [2.05, 4.69) is 36.5 Å². The van der Waals surface area contributed by atoms with E-state index in [-0.39, 0.29) is 11.3 Å². The number of nitrogens with one attached hydrogen (secondary N) is 1. The molecule has 0 saturated carbocycles. The van der Waals surface area contributed by atoms with E-state index < -0.39 is 10.8 Å². The standard InChI is InChI=1S/C17H21NOS/c1-13-9-11-15(12-10-13)17(18-3)14(2)20(19)16-7-5-4-6-8-16/h4-12,14,17-18H,1-3H3. The van der Waals surface area contributed by atoms with Crippen molar-refractivity contribution in [1.29, 1.82) is 0 Å². The van der Waals surface area contributed by atoms with E-state index in [0.717, 1.165) is 4.90 Å². The van der Waals surface area contributed by atoms with Crippen LogP contribution in [0.4, 0.5) is 0 Å². The van der Waals surface area contributed by atoms with E-state index in [0.29, 0.717) is 0 Å². The van der Waals surface area contributed by atoms with E-state index in [4.69, 9.17) is 0 Å². The largest absolute Gasteiger partial charge is 0.312 e. The van der Waals surface area contributed by atoms with Gasteiger partial charge < -0.3 is 5.32 Å². The molecule has 0 saturated heterocycles. The number of aryl methyl sites for hydroxylation is 1. The first kappa shape index (κ1) is 14.9. The summed E-state index contributed by atoms with van der Waals surface area (Å²) >= 11 is 0. The Morgan fingerprint density at radius 1 is 1.00 bits per heavy atom. The van der Waals surface area contributed by atoms with Crippen LogP contribution in [0.25, 0.3) is 0 Å². The molecule has 1 N–H and O–H groups in total. The molecule has 0 aliphatic carbocycles. The number of hydrogen-bond acceptors (Lipinski definition) is 2. The molecule has 0 spiro atoms. The molecule has 3 atom stereocenters. The summed E-state index contributed by atoms with van der Waals surface area (Å²) in [5, 5.41) is 3.30. The van der Waals surface area contributed by atoms with Gasteiger partial charge in [-0.15, -0.1) is 0 Å². The topological polar surface area (TPSA) is 29.1 Å². The summed E-state index contributed by atoms with van der Waals surface area (Å²) in [6.07, 6.45) is 0. The minimum absolute atomic E-state index is 0.00473. The summed E-state index contributed by atoms with van der Waals surface area (Å²) in [5.41, 5.74) is 2.41. The SMILES string of the molecule is CNC(c1ccc(C)cc1)C(C)S(=O)c1ccccc1. The second-order valence-electron chi connectivity index (χ2n) is 4.99. The first-order valence-electron chi connectivity index (χ1n) is 6.83. The smallest absolute Gasteiger partial charge is 0.0577 e. The molecule has 2 nitrogen and oxygen atoms in total. The van der Waals surface area contributed by atoms with Crippen LogP contribution in [0.3, 0.4) is 0 Å². The zero-order chi connectivity index (χ0) is 14.5. The van der Waals surface area contributed by atoms with Gasteiger partial charge in [0.05, 0.1) is 16.0 Å². The van der Waals surface area contributed by atoms with Crippen LogP contribution >= 0.6 is 0 Å². The Kier molecular flexibility index (Phi) is 5.10. The molecule has 0 fully saturated rings. The Bertz CT molecular complexity index is 565. The summed E-state index contributed by atoms with van der Waals surface area (Å²) in [5.74, 6) is 0. The summed E-state index contributed by atoms with van der Waals surface area (Å²) in [7, 11) is 0.893. The van der Waals surface area contributed by atoms with Crippen molar-refractivity contribution in [2.45, 2.75) is 30.0 Å². The lowest BCUT2D eigenvalue weighted by molar-refractivity contribution is 0.570. The van der Waals surface area contributed by atoms with E-state index in [1.54, 1.807) is 0 Å². The molecule has 0 heterocycles.